The molecule has 0 heterocycles. The van der Waals surface area contributed by atoms with E-state index in [4.69, 9.17) is 10.5 Å². The van der Waals surface area contributed by atoms with E-state index in [1.165, 1.54) is 32.4 Å². The van der Waals surface area contributed by atoms with Crippen molar-refractivity contribution in [1.82, 2.24) is 0 Å². The summed E-state index contributed by atoms with van der Waals surface area (Å²) in [4.78, 5) is 22.0. The lowest BCUT2D eigenvalue weighted by Crippen LogP contribution is -2.09. The van der Waals surface area contributed by atoms with Gasteiger partial charge in [-0.05, 0) is 18.2 Å². The highest BCUT2D eigenvalue weighted by Gasteiger charge is 2.11. The number of methoxy groups -OCH3 is 2. The van der Waals surface area contributed by atoms with Crippen LogP contribution in [0.5, 0.6) is 5.75 Å². The zero-order valence-electron chi connectivity index (χ0n) is 8.85. The van der Waals surface area contributed by atoms with Gasteiger partial charge in [0.1, 0.15) is 0 Å². The highest BCUT2D eigenvalue weighted by atomic mass is 16.7. The van der Waals surface area contributed by atoms with Crippen molar-refractivity contribution in [2.45, 2.75) is 0 Å². The number of nitrogens with two attached hydrogens (primary N) is 1. The number of anilines is 1. The summed E-state index contributed by atoms with van der Waals surface area (Å²) in [6.07, 6.45) is -0.877. The van der Waals surface area contributed by atoms with Crippen molar-refractivity contribution in [3.63, 3.8) is 0 Å². The van der Waals surface area contributed by atoms with Crippen LogP contribution in [0.15, 0.2) is 18.2 Å². The summed E-state index contributed by atoms with van der Waals surface area (Å²) in [5.41, 5.74) is 6.00. The van der Waals surface area contributed by atoms with Crippen molar-refractivity contribution in [1.29, 1.82) is 0 Å². The van der Waals surface area contributed by atoms with Crippen molar-refractivity contribution in [2.75, 3.05) is 20.0 Å². The third-order valence-corrected chi connectivity index (χ3v) is 1.79. The second-order valence-electron chi connectivity index (χ2n) is 2.80. The molecule has 0 amide bonds. The summed E-state index contributed by atoms with van der Waals surface area (Å²) in [5, 5.41) is 0. The second-order valence-corrected chi connectivity index (χ2v) is 2.80. The van der Waals surface area contributed by atoms with Gasteiger partial charge in [0, 0.05) is 0 Å². The quantitative estimate of drug-likeness (QED) is 0.462. The average molecular weight is 225 g/mol. The Balaban J connectivity index is 2.91. The number of hydrogen-bond acceptors (Lipinski definition) is 6. The summed E-state index contributed by atoms with van der Waals surface area (Å²) in [5.74, 6) is -0.393. The minimum Gasteiger partial charge on any atom is -0.465 e. The number of ether oxygens (including phenoxy) is 3. The molecule has 6 nitrogen and oxygen atoms in total. The molecule has 0 atom stereocenters. The Morgan fingerprint density at radius 1 is 1.19 bits per heavy atom. The zero-order chi connectivity index (χ0) is 12.1. The third kappa shape index (κ3) is 2.63. The first-order valence-electron chi connectivity index (χ1n) is 4.32. The molecule has 2 N–H and O–H groups in total. The molecule has 16 heavy (non-hydrogen) atoms. The van der Waals surface area contributed by atoms with Crippen LogP contribution in [-0.2, 0) is 9.47 Å². The van der Waals surface area contributed by atoms with E-state index in [2.05, 4.69) is 9.47 Å². The molecule has 0 unspecified atom stereocenters. The fourth-order valence-corrected chi connectivity index (χ4v) is 1.02. The van der Waals surface area contributed by atoms with E-state index in [1.807, 2.05) is 0 Å². The van der Waals surface area contributed by atoms with E-state index in [0.29, 0.717) is 0 Å². The Bertz CT molecular complexity index is 416. The van der Waals surface area contributed by atoms with Crippen molar-refractivity contribution in [3.8, 4) is 5.75 Å². The molecule has 86 valence electrons. The molecule has 0 aromatic heterocycles. The van der Waals surface area contributed by atoms with E-state index in [1.54, 1.807) is 0 Å². The van der Waals surface area contributed by atoms with Gasteiger partial charge < -0.3 is 19.9 Å². The van der Waals surface area contributed by atoms with Crippen LogP contribution < -0.4 is 10.5 Å². The monoisotopic (exact) mass is 225 g/mol. The molecule has 1 aromatic rings. The minimum atomic E-state index is -0.877. The van der Waals surface area contributed by atoms with Crippen LogP contribution in [0, 0.1) is 0 Å². The molecule has 1 aromatic carbocycles. The Morgan fingerprint density at radius 2 is 1.88 bits per heavy atom. The summed E-state index contributed by atoms with van der Waals surface area (Å²) in [7, 11) is 2.44. The SMILES string of the molecule is COC(=O)Oc1ccc(C(=O)OC)cc1N. The lowest BCUT2D eigenvalue weighted by Gasteiger charge is -2.06. The minimum absolute atomic E-state index is 0.125. The Kier molecular flexibility index (Phi) is 3.71. The second kappa shape index (κ2) is 5.01. The number of nitrogen functional groups attached to an aromatic ring is 1. The van der Waals surface area contributed by atoms with Gasteiger partial charge in [0.25, 0.3) is 0 Å². The Hall–Kier alpha value is -2.24. The molecule has 0 saturated carbocycles. The third-order valence-electron chi connectivity index (χ3n) is 1.79. The van der Waals surface area contributed by atoms with Gasteiger partial charge in [0.05, 0.1) is 25.5 Å². The fourth-order valence-electron chi connectivity index (χ4n) is 1.02. The molecule has 1 rings (SSSR count). The summed E-state index contributed by atoms with van der Waals surface area (Å²) >= 11 is 0. The molecule has 0 fully saturated rings. The maximum Gasteiger partial charge on any atom is 0.513 e. The van der Waals surface area contributed by atoms with Crippen molar-refractivity contribution in [3.05, 3.63) is 23.8 Å². The Morgan fingerprint density at radius 3 is 2.38 bits per heavy atom. The topological polar surface area (TPSA) is 87.8 Å². The van der Waals surface area contributed by atoms with Crippen LogP contribution in [0.2, 0.25) is 0 Å². The molecule has 0 saturated heterocycles. The number of carbonyl (C=O) groups is 2. The maximum absolute atomic E-state index is 11.1. The molecule has 0 bridgehead atoms. The molecule has 0 aliphatic rings. The molecule has 0 aliphatic carbocycles. The number of carbonyl (C=O) groups excluding carboxylic acids is 2. The smallest absolute Gasteiger partial charge is 0.465 e. The van der Waals surface area contributed by atoms with Crippen LogP contribution in [0.1, 0.15) is 10.4 Å². The highest BCUT2D eigenvalue weighted by Crippen LogP contribution is 2.23. The molecular formula is C10H11NO5. The van der Waals surface area contributed by atoms with Gasteiger partial charge in [-0.3, -0.25) is 0 Å². The molecular weight excluding hydrogens is 214 g/mol. The largest absolute Gasteiger partial charge is 0.513 e. The molecule has 0 radical (unpaired) electrons. The van der Waals surface area contributed by atoms with Crippen molar-refractivity contribution >= 4 is 17.8 Å². The van der Waals surface area contributed by atoms with Crippen LogP contribution in [-0.4, -0.2) is 26.3 Å². The fraction of sp³-hybridized carbons (Fsp3) is 0.200. The predicted octanol–water partition coefficient (Wildman–Crippen LogP) is 1.20. The van der Waals surface area contributed by atoms with E-state index >= 15 is 0 Å². The van der Waals surface area contributed by atoms with Crippen LogP contribution in [0.3, 0.4) is 0 Å². The van der Waals surface area contributed by atoms with E-state index in [9.17, 15) is 9.59 Å². The van der Waals surface area contributed by atoms with Gasteiger partial charge in [0.15, 0.2) is 5.75 Å². The number of benzene rings is 1. The first kappa shape index (κ1) is 11.8. The van der Waals surface area contributed by atoms with Gasteiger partial charge in [-0.15, -0.1) is 0 Å². The van der Waals surface area contributed by atoms with Gasteiger partial charge in [-0.25, -0.2) is 9.59 Å². The highest BCUT2D eigenvalue weighted by molar-refractivity contribution is 5.91. The predicted molar refractivity (Wildman–Crippen MR) is 55.2 cm³/mol. The number of rotatable bonds is 2. The Labute approximate surface area is 91.9 Å². The van der Waals surface area contributed by atoms with Gasteiger partial charge >= 0.3 is 12.1 Å². The summed E-state index contributed by atoms with van der Waals surface area (Å²) in [6.45, 7) is 0. The van der Waals surface area contributed by atoms with Crippen LogP contribution >= 0.6 is 0 Å². The van der Waals surface area contributed by atoms with Crippen LogP contribution in [0.4, 0.5) is 10.5 Å². The van der Waals surface area contributed by atoms with Gasteiger partial charge in [-0.2, -0.15) is 0 Å². The number of esters is 1. The first-order chi connectivity index (χ1) is 7.58. The van der Waals surface area contributed by atoms with Crippen molar-refractivity contribution < 1.29 is 23.8 Å². The van der Waals surface area contributed by atoms with Crippen molar-refractivity contribution in [2.24, 2.45) is 0 Å². The molecule has 0 aliphatic heterocycles. The van der Waals surface area contributed by atoms with Crippen LogP contribution in [0.25, 0.3) is 0 Å². The van der Waals surface area contributed by atoms with E-state index in [-0.39, 0.29) is 17.0 Å². The molecule has 6 heteroatoms. The number of hydrogen-bond donors (Lipinski definition) is 1. The summed E-state index contributed by atoms with van der Waals surface area (Å²) < 4.78 is 13.5. The first-order valence-corrected chi connectivity index (χ1v) is 4.32. The van der Waals surface area contributed by atoms with E-state index in [0.717, 1.165) is 0 Å². The molecule has 0 spiro atoms. The summed E-state index contributed by atoms with van der Waals surface area (Å²) in [6, 6.07) is 4.17. The lowest BCUT2D eigenvalue weighted by atomic mass is 10.2. The standard InChI is InChI=1S/C10H11NO5/c1-14-9(12)6-3-4-8(7(11)5-6)16-10(13)15-2/h3-5H,11H2,1-2H3. The normalized spacial score (nSPS) is 9.38. The zero-order valence-corrected chi connectivity index (χ0v) is 8.85. The van der Waals surface area contributed by atoms with Gasteiger partial charge in [-0.1, -0.05) is 0 Å². The van der Waals surface area contributed by atoms with E-state index < -0.39 is 12.1 Å². The lowest BCUT2D eigenvalue weighted by molar-refractivity contribution is 0.0601. The average Bonchev–Trinajstić information content (AvgIpc) is 2.30. The van der Waals surface area contributed by atoms with Gasteiger partial charge in [0.2, 0.25) is 0 Å². The maximum atomic E-state index is 11.1.